The van der Waals surface area contributed by atoms with Crippen molar-refractivity contribution in [2.75, 3.05) is 6.54 Å². The third-order valence-corrected chi connectivity index (χ3v) is 7.46. The molecule has 51 heavy (non-hydrogen) atoms. The topological polar surface area (TPSA) is 142 Å². The Morgan fingerprint density at radius 1 is 1.04 bits per heavy atom. The van der Waals surface area contributed by atoms with E-state index in [1.807, 2.05) is 0 Å². The molecule has 4 aromatic rings. The van der Waals surface area contributed by atoms with Crippen molar-refractivity contribution in [3.63, 3.8) is 0 Å². The van der Waals surface area contributed by atoms with Gasteiger partial charge in [-0.25, -0.2) is 37.7 Å². The summed E-state index contributed by atoms with van der Waals surface area (Å²) < 4.78 is 120. The van der Waals surface area contributed by atoms with Crippen LogP contribution in [0.3, 0.4) is 0 Å². The van der Waals surface area contributed by atoms with Gasteiger partial charge in [-0.2, -0.15) is 26.3 Å². The number of rotatable bonds is 8. The second kappa shape index (κ2) is 13.2. The van der Waals surface area contributed by atoms with Crippen LogP contribution in [-0.2, 0) is 28.8 Å². The van der Waals surface area contributed by atoms with E-state index < -0.39 is 90.5 Å². The maximum atomic E-state index is 14.5. The summed E-state index contributed by atoms with van der Waals surface area (Å²) in [6.07, 6.45) is -9.54. The van der Waals surface area contributed by atoms with Crippen LogP contribution in [0, 0.1) is 0 Å². The average molecular weight is 752 g/mol. The van der Waals surface area contributed by atoms with Gasteiger partial charge in [0, 0.05) is 16.8 Å². The van der Waals surface area contributed by atoms with E-state index >= 15 is 0 Å². The van der Waals surface area contributed by atoms with Gasteiger partial charge in [0.25, 0.3) is 5.92 Å². The normalized spacial score (nSPS) is 16.8. The number of hydrogen-bond donors (Lipinski definition) is 1. The highest BCUT2D eigenvalue weighted by Crippen LogP contribution is 2.37. The van der Waals surface area contributed by atoms with Crippen molar-refractivity contribution in [3.05, 3.63) is 75.8 Å². The predicted octanol–water partition coefficient (Wildman–Crippen LogP) is 4.71. The molecule has 274 valence electrons. The molecule has 3 aromatic heterocycles. The molecule has 2 atom stereocenters. The Hall–Kier alpha value is -5.08. The SMILES string of the molecule is CC(C)(C)OC(=O)N1CC(F)(F)[C@H]1C(=O)N[C@@H](Cn1c(-c2ccc(Cl)cc2)nn(Cc2ncn(-c3ncccc3C(F)(F)F)n2)c1=O)C(F)(F)F. The van der Waals surface area contributed by atoms with E-state index in [9.17, 15) is 49.5 Å². The first kappa shape index (κ1) is 37.2. The standard InChI is InChI=1S/C29H26ClF8N9O4/c1-26(2,3)51-25(50)45-13-27(31,32)20(45)23(48)41-18(29(36,37)38)11-44-21(15-6-8-16(30)9-7-15)43-46(24(44)49)12-19-40-14-47(42-19)22-17(28(33,34)35)5-4-10-39-22/h4-10,14,18,20H,11-13H2,1-3H3,(H,41,48)/t18-,20+/m0/s1. The Balaban J connectivity index is 1.47. The van der Waals surface area contributed by atoms with Gasteiger partial charge in [0.2, 0.25) is 5.91 Å². The highest BCUT2D eigenvalue weighted by molar-refractivity contribution is 6.30. The van der Waals surface area contributed by atoms with E-state index in [0.29, 0.717) is 13.9 Å². The van der Waals surface area contributed by atoms with Crippen LogP contribution in [0.4, 0.5) is 39.9 Å². The lowest BCUT2D eigenvalue weighted by atomic mass is 9.97. The zero-order valence-electron chi connectivity index (χ0n) is 26.5. The highest BCUT2D eigenvalue weighted by atomic mass is 35.5. The molecule has 1 aliphatic rings. The Morgan fingerprint density at radius 2 is 1.71 bits per heavy atom. The van der Waals surface area contributed by atoms with Gasteiger partial charge in [0.1, 0.15) is 30.1 Å². The lowest BCUT2D eigenvalue weighted by Gasteiger charge is -2.46. The monoisotopic (exact) mass is 751 g/mol. The number of aromatic nitrogens is 7. The van der Waals surface area contributed by atoms with Crippen LogP contribution in [0.25, 0.3) is 17.2 Å². The number of likely N-dealkylation sites (tertiary alicyclic amines) is 1. The minimum atomic E-state index is -5.33. The number of hydrogen-bond acceptors (Lipinski definition) is 8. The van der Waals surface area contributed by atoms with Crippen LogP contribution >= 0.6 is 11.6 Å². The summed E-state index contributed by atoms with van der Waals surface area (Å²) >= 11 is 5.93. The fourth-order valence-electron chi connectivity index (χ4n) is 4.94. The molecule has 0 saturated carbocycles. The Bertz CT molecular complexity index is 1980. The second-order valence-electron chi connectivity index (χ2n) is 12.2. The fourth-order valence-corrected chi connectivity index (χ4v) is 5.06. The number of nitrogens with zero attached hydrogens (tertiary/aromatic N) is 8. The maximum Gasteiger partial charge on any atom is 0.420 e. The van der Waals surface area contributed by atoms with E-state index in [2.05, 4.69) is 20.2 Å². The molecule has 2 amide bonds. The quantitative estimate of drug-likeness (QED) is 0.255. The zero-order valence-corrected chi connectivity index (χ0v) is 27.3. The van der Waals surface area contributed by atoms with Crippen LogP contribution in [0.2, 0.25) is 5.02 Å². The molecule has 1 saturated heterocycles. The Labute approximate surface area is 286 Å². The van der Waals surface area contributed by atoms with E-state index in [-0.39, 0.29) is 21.3 Å². The smallest absolute Gasteiger partial charge is 0.420 e. The number of halogens is 9. The highest BCUT2D eigenvalue weighted by Gasteiger charge is 2.62. The van der Waals surface area contributed by atoms with Crippen molar-refractivity contribution in [2.24, 2.45) is 0 Å². The number of benzene rings is 1. The molecular formula is C29H26ClF8N9O4. The summed E-state index contributed by atoms with van der Waals surface area (Å²) in [5.41, 5.74) is -3.49. The molecule has 22 heteroatoms. The van der Waals surface area contributed by atoms with Crippen molar-refractivity contribution in [3.8, 4) is 17.2 Å². The molecule has 0 bridgehead atoms. The number of alkyl halides is 8. The number of carbonyl (C=O) groups excluding carboxylic acids is 2. The summed E-state index contributed by atoms with van der Waals surface area (Å²) in [5, 5.41) is 9.69. The maximum absolute atomic E-state index is 14.5. The summed E-state index contributed by atoms with van der Waals surface area (Å²) in [5.74, 6) is -7.10. The summed E-state index contributed by atoms with van der Waals surface area (Å²) in [6.45, 7) is 0.918. The van der Waals surface area contributed by atoms with Crippen molar-refractivity contribution < 1.29 is 49.4 Å². The minimum absolute atomic E-state index is 0.0610. The number of carbonyl (C=O) groups is 2. The summed E-state index contributed by atoms with van der Waals surface area (Å²) in [6, 6.07) is 1.50. The third-order valence-electron chi connectivity index (χ3n) is 7.21. The largest absolute Gasteiger partial charge is 0.444 e. The fraction of sp³-hybridized carbons (Fsp3) is 0.414. The summed E-state index contributed by atoms with van der Waals surface area (Å²) in [4.78, 5) is 46.8. The van der Waals surface area contributed by atoms with Gasteiger partial charge in [-0.1, -0.05) is 11.6 Å². The third kappa shape index (κ3) is 8.12. The van der Waals surface area contributed by atoms with Crippen molar-refractivity contribution in [1.29, 1.82) is 0 Å². The number of nitrogens with one attached hydrogen (secondary N) is 1. The minimum Gasteiger partial charge on any atom is -0.444 e. The van der Waals surface area contributed by atoms with Gasteiger partial charge in [0.15, 0.2) is 23.5 Å². The number of amides is 2. The van der Waals surface area contributed by atoms with E-state index in [4.69, 9.17) is 16.3 Å². The predicted molar refractivity (Wildman–Crippen MR) is 160 cm³/mol. The van der Waals surface area contributed by atoms with Crippen LogP contribution < -0.4 is 11.0 Å². The molecule has 0 unspecified atom stereocenters. The second-order valence-corrected chi connectivity index (χ2v) is 12.7. The molecule has 4 heterocycles. The Morgan fingerprint density at radius 3 is 2.29 bits per heavy atom. The van der Waals surface area contributed by atoms with Crippen molar-refractivity contribution in [1.82, 2.24) is 44.3 Å². The molecular weight excluding hydrogens is 726 g/mol. The van der Waals surface area contributed by atoms with Crippen LogP contribution in [0.5, 0.6) is 0 Å². The molecule has 0 spiro atoms. The Kier molecular flexibility index (Phi) is 9.65. The van der Waals surface area contributed by atoms with E-state index in [1.54, 1.807) is 0 Å². The van der Waals surface area contributed by atoms with Crippen LogP contribution in [0.1, 0.15) is 32.2 Å². The van der Waals surface area contributed by atoms with Crippen LogP contribution in [0.15, 0.2) is 53.7 Å². The molecule has 0 aliphatic carbocycles. The molecule has 1 N–H and O–H groups in total. The van der Waals surface area contributed by atoms with Gasteiger partial charge < -0.3 is 10.1 Å². The lowest BCUT2D eigenvalue weighted by molar-refractivity contribution is -0.193. The molecule has 13 nitrogen and oxygen atoms in total. The van der Waals surface area contributed by atoms with Gasteiger partial charge >= 0.3 is 24.1 Å². The van der Waals surface area contributed by atoms with Gasteiger partial charge in [-0.3, -0.25) is 14.3 Å². The van der Waals surface area contributed by atoms with E-state index in [0.717, 1.165) is 24.7 Å². The average Bonchev–Trinajstić information content (AvgIpc) is 3.59. The molecule has 1 fully saturated rings. The number of pyridine rings is 1. The first-order chi connectivity index (χ1) is 23.5. The molecule has 5 rings (SSSR count). The van der Waals surface area contributed by atoms with Gasteiger partial charge in [0.05, 0.1) is 13.1 Å². The lowest BCUT2D eigenvalue weighted by Crippen LogP contribution is -2.73. The first-order valence-corrected chi connectivity index (χ1v) is 15.0. The van der Waals surface area contributed by atoms with Crippen LogP contribution in [-0.4, -0.2) is 87.3 Å². The number of ether oxygens (including phenoxy) is 1. The molecule has 1 aromatic carbocycles. The first-order valence-electron chi connectivity index (χ1n) is 14.7. The van der Waals surface area contributed by atoms with Crippen molar-refractivity contribution in [2.45, 2.75) is 69.8 Å². The molecule has 1 aliphatic heterocycles. The van der Waals surface area contributed by atoms with Gasteiger partial charge in [-0.15, -0.1) is 10.2 Å². The van der Waals surface area contributed by atoms with Gasteiger partial charge in [-0.05, 0) is 57.2 Å². The molecule has 0 radical (unpaired) electrons. The zero-order chi connectivity index (χ0) is 37.7. The summed E-state index contributed by atoms with van der Waals surface area (Å²) in [7, 11) is 0. The van der Waals surface area contributed by atoms with Crippen molar-refractivity contribution >= 4 is 23.6 Å². The van der Waals surface area contributed by atoms with E-state index in [1.165, 1.54) is 50.4 Å².